The maximum atomic E-state index is 12.2. The van der Waals surface area contributed by atoms with Gasteiger partial charge in [0.15, 0.2) is 0 Å². The van der Waals surface area contributed by atoms with Crippen molar-refractivity contribution in [1.29, 1.82) is 0 Å². The number of carbonyl (C=O) groups is 2. The average Bonchev–Trinajstić information content (AvgIpc) is 3.02. The van der Waals surface area contributed by atoms with E-state index in [1.54, 1.807) is 12.3 Å². The van der Waals surface area contributed by atoms with Crippen molar-refractivity contribution in [2.75, 3.05) is 19.6 Å². The third kappa shape index (κ3) is 3.72. The zero-order valence-electron chi connectivity index (χ0n) is 12.9. The van der Waals surface area contributed by atoms with E-state index in [-0.39, 0.29) is 24.5 Å². The zero-order valence-corrected chi connectivity index (χ0v) is 13.7. The van der Waals surface area contributed by atoms with Crippen molar-refractivity contribution in [3.05, 3.63) is 64.9 Å². The number of hydrogen-bond donors (Lipinski definition) is 2. The Morgan fingerprint density at radius 1 is 1.33 bits per heavy atom. The second kappa shape index (κ2) is 7.42. The fourth-order valence-electron chi connectivity index (χ4n) is 2.62. The number of nitrogens with zero attached hydrogens (tertiary/aromatic N) is 2. The van der Waals surface area contributed by atoms with Gasteiger partial charge in [0.1, 0.15) is 0 Å². The molecule has 0 unspecified atom stereocenters. The Labute approximate surface area is 144 Å². The summed E-state index contributed by atoms with van der Waals surface area (Å²) in [5.41, 5.74) is 1.68. The van der Waals surface area contributed by atoms with Crippen LogP contribution in [0.4, 0.5) is 4.79 Å². The van der Waals surface area contributed by atoms with Crippen molar-refractivity contribution < 1.29 is 9.59 Å². The maximum Gasteiger partial charge on any atom is 0.324 e. The lowest BCUT2D eigenvalue weighted by molar-refractivity contribution is -0.126. The van der Waals surface area contributed by atoms with Gasteiger partial charge in [0.05, 0.1) is 18.3 Å². The SMILES string of the molecule is O=C(CN[C@H](c1cccc(Cl)c1)c1ccccn1)N1CCNC1=O. The second-order valence-electron chi connectivity index (χ2n) is 5.40. The minimum atomic E-state index is -0.348. The van der Waals surface area contributed by atoms with Crippen LogP contribution in [0.3, 0.4) is 0 Å². The number of halogens is 1. The molecule has 0 spiro atoms. The Kier molecular flexibility index (Phi) is 5.08. The first-order valence-electron chi connectivity index (χ1n) is 7.63. The van der Waals surface area contributed by atoms with Gasteiger partial charge in [0, 0.05) is 24.3 Å². The lowest BCUT2D eigenvalue weighted by Crippen LogP contribution is -2.41. The maximum absolute atomic E-state index is 12.2. The van der Waals surface area contributed by atoms with Crippen LogP contribution < -0.4 is 10.6 Å². The van der Waals surface area contributed by atoms with Crippen LogP contribution in [0.5, 0.6) is 0 Å². The molecule has 2 heterocycles. The molecule has 1 saturated heterocycles. The summed E-state index contributed by atoms with van der Waals surface area (Å²) in [5, 5.41) is 6.41. The fraction of sp³-hybridized carbons (Fsp3) is 0.235. The Balaban J connectivity index is 1.78. The van der Waals surface area contributed by atoms with Crippen LogP contribution in [0.15, 0.2) is 48.7 Å². The summed E-state index contributed by atoms with van der Waals surface area (Å²) in [6.45, 7) is 0.911. The number of pyridine rings is 1. The van der Waals surface area contributed by atoms with Crippen molar-refractivity contribution in [2.45, 2.75) is 6.04 Å². The van der Waals surface area contributed by atoms with E-state index < -0.39 is 0 Å². The molecule has 2 N–H and O–H groups in total. The highest BCUT2D eigenvalue weighted by Crippen LogP contribution is 2.23. The monoisotopic (exact) mass is 344 g/mol. The molecule has 2 aromatic rings. The molecule has 24 heavy (non-hydrogen) atoms. The number of imide groups is 1. The molecule has 1 atom stereocenters. The molecule has 1 aromatic carbocycles. The molecule has 0 saturated carbocycles. The molecule has 7 heteroatoms. The molecule has 1 aromatic heterocycles. The lowest BCUT2D eigenvalue weighted by atomic mass is 10.0. The van der Waals surface area contributed by atoms with Crippen molar-refractivity contribution in [3.8, 4) is 0 Å². The van der Waals surface area contributed by atoms with Crippen LogP contribution in [0.25, 0.3) is 0 Å². The van der Waals surface area contributed by atoms with E-state index >= 15 is 0 Å². The van der Waals surface area contributed by atoms with Gasteiger partial charge in [-0.25, -0.2) is 4.79 Å². The average molecular weight is 345 g/mol. The Morgan fingerprint density at radius 2 is 2.21 bits per heavy atom. The molecule has 0 bridgehead atoms. The van der Waals surface area contributed by atoms with E-state index in [4.69, 9.17) is 11.6 Å². The van der Waals surface area contributed by atoms with Gasteiger partial charge in [-0.15, -0.1) is 0 Å². The molecule has 1 aliphatic heterocycles. The highest BCUT2D eigenvalue weighted by Gasteiger charge is 2.26. The summed E-state index contributed by atoms with van der Waals surface area (Å²) >= 11 is 6.09. The van der Waals surface area contributed by atoms with Gasteiger partial charge in [0.25, 0.3) is 0 Å². The predicted molar refractivity (Wildman–Crippen MR) is 90.6 cm³/mol. The topological polar surface area (TPSA) is 74.3 Å². The first-order valence-corrected chi connectivity index (χ1v) is 8.01. The van der Waals surface area contributed by atoms with Gasteiger partial charge >= 0.3 is 6.03 Å². The predicted octanol–water partition coefficient (Wildman–Crippen LogP) is 1.97. The van der Waals surface area contributed by atoms with Crippen LogP contribution >= 0.6 is 11.6 Å². The number of benzene rings is 1. The summed E-state index contributed by atoms with van der Waals surface area (Å²) in [5.74, 6) is -0.270. The highest BCUT2D eigenvalue weighted by atomic mass is 35.5. The lowest BCUT2D eigenvalue weighted by Gasteiger charge is -2.20. The number of hydrogen-bond acceptors (Lipinski definition) is 4. The number of aromatic nitrogens is 1. The van der Waals surface area contributed by atoms with E-state index in [2.05, 4.69) is 15.6 Å². The van der Waals surface area contributed by atoms with Crippen LogP contribution in [0, 0.1) is 0 Å². The van der Waals surface area contributed by atoms with E-state index in [9.17, 15) is 9.59 Å². The van der Waals surface area contributed by atoms with Gasteiger partial charge < -0.3 is 5.32 Å². The standard InChI is InChI=1S/C17H17ClN4O2/c18-13-5-3-4-12(10-13)16(14-6-1-2-7-19-14)21-11-15(23)22-9-8-20-17(22)24/h1-7,10,16,21H,8-9,11H2,(H,20,24)/t16-/m1/s1. The highest BCUT2D eigenvalue weighted by molar-refractivity contribution is 6.30. The number of urea groups is 1. The van der Waals surface area contributed by atoms with E-state index in [1.807, 2.05) is 36.4 Å². The van der Waals surface area contributed by atoms with Crippen molar-refractivity contribution >= 4 is 23.5 Å². The van der Waals surface area contributed by atoms with Gasteiger partial charge in [-0.05, 0) is 29.8 Å². The van der Waals surface area contributed by atoms with Gasteiger partial charge in [0.2, 0.25) is 5.91 Å². The van der Waals surface area contributed by atoms with Crippen LogP contribution in [0.1, 0.15) is 17.3 Å². The zero-order chi connectivity index (χ0) is 16.9. The van der Waals surface area contributed by atoms with Crippen LogP contribution in [-0.4, -0.2) is 41.5 Å². The Morgan fingerprint density at radius 3 is 2.88 bits per heavy atom. The molecule has 1 aliphatic rings. The third-order valence-electron chi connectivity index (χ3n) is 3.78. The van der Waals surface area contributed by atoms with E-state index in [0.717, 1.165) is 11.3 Å². The molecule has 124 valence electrons. The van der Waals surface area contributed by atoms with Gasteiger partial charge in [-0.3, -0.25) is 20.0 Å². The number of amides is 3. The first-order chi connectivity index (χ1) is 11.6. The van der Waals surface area contributed by atoms with Gasteiger partial charge in [-0.1, -0.05) is 29.8 Å². The summed E-state index contributed by atoms with van der Waals surface area (Å²) in [4.78, 5) is 29.4. The first kappa shape index (κ1) is 16.4. The smallest absolute Gasteiger partial charge is 0.324 e. The minimum absolute atomic E-state index is 0.0289. The Hall–Kier alpha value is -2.44. The number of carbonyl (C=O) groups excluding carboxylic acids is 2. The molecule has 6 nitrogen and oxygen atoms in total. The number of rotatable bonds is 5. The summed E-state index contributed by atoms with van der Waals surface area (Å²) in [6.07, 6.45) is 1.70. The third-order valence-corrected chi connectivity index (χ3v) is 4.02. The quantitative estimate of drug-likeness (QED) is 0.869. The molecular weight excluding hydrogens is 328 g/mol. The van der Waals surface area contributed by atoms with Crippen LogP contribution in [-0.2, 0) is 4.79 Å². The van der Waals surface area contributed by atoms with E-state index in [0.29, 0.717) is 18.1 Å². The van der Waals surface area contributed by atoms with Crippen molar-refractivity contribution in [2.24, 2.45) is 0 Å². The van der Waals surface area contributed by atoms with Crippen LogP contribution in [0.2, 0.25) is 5.02 Å². The number of nitrogens with one attached hydrogen (secondary N) is 2. The Bertz CT molecular complexity index is 738. The molecule has 0 aliphatic carbocycles. The molecular formula is C17H17ClN4O2. The van der Waals surface area contributed by atoms with Crippen molar-refractivity contribution in [1.82, 2.24) is 20.5 Å². The molecule has 3 amide bonds. The minimum Gasteiger partial charge on any atom is -0.336 e. The van der Waals surface area contributed by atoms with E-state index in [1.165, 1.54) is 4.90 Å². The normalized spacial score (nSPS) is 15.2. The molecule has 1 fully saturated rings. The van der Waals surface area contributed by atoms with Gasteiger partial charge in [-0.2, -0.15) is 0 Å². The largest absolute Gasteiger partial charge is 0.336 e. The second-order valence-corrected chi connectivity index (χ2v) is 5.84. The molecule has 3 rings (SSSR count). The molecule has 0 radical (unpaired) electrons. The summed E-state index contributed by atoms with van der Waals surface area (Å²) in [6, 6.07) is 12.4. The fourth-order valence-corrected chi connectivity index (χ4v) is 2.82. The van der Waals surface area contributed by atoms with Crippen molar-refractivity contribution in [3.63, 3.8) is 0 Å². The summed E-state index contributed by atoms with van der Waals surface area (Å²) in [7, 11) is 0. The summed E-state index contributed by atoms with van der Waals surface area (Å²) < 4.78 is 0.